The highest BCUT2D eigenvalue weighted by atomic mass is 16.5. The van der Waals surface area contributed by atoms with E-state index in [2.05, 4.69) is 20.1 Å². The number of ether oxygens (including phenoxy) is 1. The largest absolute Gasteiger partial charge is 0.372 e. The molecule has 2 aliphatic rings. The van der Waals surface area contributed by atoms with E-state index in [0.717, 1.165) is 23.8 Å². The molecule has 4 rings (SSSR count). The second-order valence-corrected chi connectivity index (χ2v) is 6.58. The average Bonchev–Trinajstić information content (AvgIpc) is 3.06. The Labute approximate surface area is 146 Å². The normalized spacial score (nSPS) is 22.8. The fraction of sp³-hybridized carbons (Fsp3) is 0.444. The van der Waals surface area contributed by atoms with Gasteiger partial charge in [-0.3, -0.25) is 4.79 Å². The Bertz CT molecular complexity index is 779. The summed E-state index contributed by atoms with van der Waals surface area (Å²) in [5.41, 5.74) is 2.22. The molecule has 2 aromatic rings. The molecule has 0 radical (unpaired) electrons. The van der Waals surface area contributed by atoms with Gasteiger partial charge in [-0.05, 0) is 38.1 Å². The Hall–Kier alpha value is -2.54. The number of aromatic nitrogens is 3. The van der Waals surface area contributed by atoms with Crippen LogP contribution in [0.25, 0.3) is 0 Å². The molecule has 0 unspecified atom stereocenters. The van der Waals surface area contributed by atoms with Crippen LogP contribution in [0, 0.1) is 13.8 Å². The number of amides is 1. The number of hydrogen-bond acceptors (Lipinski definition) is 6. The highest BCUT2D eigenvalue weighted by Gasteiger charge is 2.42. The van der Waals surface area contributed by atoms with Gasteiger partial charge in [0.15, 0.2) is 5.82 Å². The third kappa shape index (κ3) is 3.07. The highest BCUT2D eigenvalue weighted by Crippen LogP contribution is 2.27. The molecule has 1 amide bonds. The molecule has 130 valence electrons. The number of aryl methyl sites for hydroxylation is 2. The van der Waals surface area contributed by atoms with Crippen LogP contribution in [0.5, 0.6) is 0 Å². The monoisotopic (exact) mass is 339 g/mol. The van der Waals surface area contributed by atoms with Crippen molar-refractivity contribution >= 4 is 11.7 Å². The van der Waals surface area contributed by atoms with Crippen LogP contribution in [0.2, 0.25) is 0 Å². The van der Waals surface area contributed by atoms with E-state index in [9.17, 15) is 4.79 Å². The minimum atomic E-state index is -0.0448. The standard InChI is InChI=1S/C18H21N5O2/c1-12-4-3-5-14(19-12)18(24)22-10-15-16(11-22)25-9-8-23(15)17-7-6-13(2)20-21-17/h3-7,15-16H,8-11H2,1-2H3/t15-,16-/m0/s1. The zero-order valence-electron chi connectivity index (χ0n) is 14.4. The van der Waals surface area contributed by atoms with Crippen molar-refractivity contribution in [2.45, 2.75) is 26.0 Å². The number of carbonyl (C=O) groups is 1. The molecule has 2 atom stereocenters. The maximum Gasteiger partial charge on any atom is 0.272 e. The number of fused-ring (bicyclic) bond motifs is 1. The second-order valence-electron chi connectivity index (χ2n) is 6.58. The van der Waals surface area contributed by atoms with Gasteiger partial charge < -0.3 is 14.5 Å². The summed E-state index contributed by atoms with van der Waals surface area (Å²) in [7, 11) is 0. The molecule has 4 heterocycles. The van der Waals surface area contributed by atoms with Crippen molar-refractivity contribution in [3.8, 4) is 0 Å². The zero-order valence-corrected chi connectivity index (χ0v) is 14.4. The minimum Gasteiger partial charge on any atom is -0.372 e. The molecule has 2 saturated heterocycles. The van der Waals surface area contributed by atoms with E-state index in [-0.39, 0.29) is 18.1 Å². The van der Waals surface area contributed by atoms with E-state index in [0.29, 0.717) is 25.4 Å². The molecule has 0 aromatic carbocycles. The van der Waals surface area contributed by atoms with Gasteiger partial charge in [-0.2, -0.15) is 5.10 Å². The third-order valence-electron chi connectivity index (χ3n) is 4.77. The van der Waals surface area contributed by atoms with E-state index < -0.39 is 0 Å². The molecule has 0 N–H and O–H groups in total. The first-order valence-electron chi connectivity index (χ1n) is 8.53. The number of morpholine rings is 1. The minimum absolute atomic E-state index is 0.00869. The predicted molar refractivity (Wildman–Crippen MR) is 92.5 cm³/mol. The lowest BCUT2D eigenvalue weighted by molar-refractivity contribution is 0.0298. The smallest absolute Gasteiger partial charge is 0.272 e. The molecule has 25 heavy (non-hydrogen) atoms. The van der Waals surface area contributed by atoms with Gasteiger partial charge in [0, 0.05) is 25.3 Å². The molecule has 0 saturated carbocycles. The lowest BCUT2D eigenvalue weighted by Gasteiger charge is -2.37. The first-order chi connectivity index (χ1) is 12.1. The van der Waals surface area contributed by atoms with Gasteiger partial charge >= 0.3 is 0 Å². The predicted octanol–water partition coefficient (Wildman–Crippen LogP) is 1.22. The van der Waals surface area contributed by atoms with Crippen LogP contribution >= 0.6 is 0 Å². The van der Waals surface area contributed by atoms with E-state index in [1.165, 1.54) is 0 Å². The van der Waals surface area contributed by atoms with Crippen LogP contribution in [0.1, 0.15) is 21.9 Å². The van der Waals surface area contributed by atoms with Crippen molar-refractivity contribution in [1.82, 2.24) is 20.1 Å². The fourth-order valence-electron chi connectivity index (χ4n) is 3.51. The zero-order chi connectivity index (χ0) is 17.4. The lowest BCUT2D eigenvalue weighted by Crippen LogP contribution is -2.51. The Balaban J connectivity index is 1.54. The molecule has 2 aliphatic heterocycles. The van der Waals surface area contributed by atoms with Crippen molar-refractivity contribution in [3.63, 3.8) is 0 Å². The van der Waals surface area contributed by atoms with Gasteiger partial charge in [-0.15, -0.1) is 5.10 Å². The molecule has 0 bridgehead atoms. The Morgan fingerprint density at radius 2 is 2.00 bits per heavy atom. The fourth-order valence-corrected chi connectivity index (χ4v) is 3.51. The summed E-state index contributed by atoms with van der Waals surface area (Å²) >= 11 is 0. The van der Waals surface area contributed by atoms with Crippen molar-refractivity contribution in [3.05, 3.63) is 47.4 Å². The van der Waals surface area contributed by atoms with Crippen molar-refractivity contribution in [1.29, 1.82) is 0 Å². The maximum atomic E-state index is 12.8. The second kappa shape index (κ2) is 6.40. The summed E-state index contributed by atoms with van der Waals surface area (Å²) in [6.07, 6.45) is -0.00869. The molecular formula is C18H21N5O2. The van der Waals surface area contributed by atoms with Crippen molar-refractivity contribution in [2.75, 3.05) is 31.1 Å². The van der Waals surface area contributed by atoms with E-state index >= 15 is 0 Å². The van der Waals surface area contributed by atoms with E-state index in [4.69, 9.17) is 4.74 Å². The number of pyridine rings is 1. The van der Waals surface area contributed by atoms with Gasteiger partial charge in [-0.1, -0.05) is 6.07 Å². The molecule has 7 nitrogen and oxygen atoms in total. The van der Waals surface area contributed by atoms with Crippen LogP contribution in [0.15, 0.2) is 30.3 Å². The third-order valence-corrected chi connectivity index (χ3v) is 4.77. The Kier molecular flexibility index (Phi) is 4.09. The summed E-state index contributed by atoms with van der Waals surface area (Å²) in [4.78, 5) is 21.2. The summed E-state index contributed by atoms with van der Waals surface area (Å²) in [5, 5.41) is 8.46. The molecule has 2 fully saturated rings. The first-order valence-corrected chi connectivity index (χ1v) is 8.53. The number of likely N-dealkylation sites (tertiary alicyclic amines) is 1. The van der Waals surface area contributed by atoms with Gasteiger partial charge in [0.05, 0.1) is 24.4 Å². The quantitative estimate of drug-likeness (QED) is 0.819. The Morgan fingerprint density at radius 3 is 2.76 bits per heavy atom. The lowest BCUT2D eigenvalue weighted by atomic mass is 10.1. The van der Waals surface area contributed by atoms with Crippen molar-refractivity contribution in [2.24, 2.45) is 0 Å². The van der Waals surface area contributed by atoms with Gasteiger partial charge in [0.25, 0.3) is 5.91 Å². The SMILES string of the molecule is Cc1ccc(N2CCO[C@H]3CN(C(=O)c4cccc(C)n4)C[C@@H]32)nn1. The summed E-state index contributed by atoms with van der Waals surface area (Å²) in [6, 6.07) is 9.56. The summed E-state index contributed by atoms with van der Waals surface area (Å²) in [6.45, 7) is 6.37. The van der Waals surface area contributed by atoms with Gasteiger partial charge in [-0.25, -0.2) is 4.98 Å². The number of nitrogens with zero attached hydrogens (tertiary/aromatic N) is 5. The topological polar surface area (TPSA) is 71.5 Å². The number of anilines is 1. The molecule has 7 heteroatoms. The van der Waals surface area contributed by atoms with Crippen LogP contribution in [-0.2, 0) is 4.74 Å². The van der Waals surface area contributed by atoms with E-state index in [1.54, 1.807) is 6.07 Å². The van der Waals surface area contributed by atoms with Crippen LogP contribution in [-0.4, -0.2) is 64.4 Å². The maximum absolute atomic E-state index is 12.8. The average molecular weight is 339 g/mol. The summed E-state index contributed by atoms with van der Waals surface area (Å²) < 4.78 is 5.91. The molecule has 2 aromatic heterocycles. The number of carbonyl (C=O) groups excluding carboxylic acids is 1. The number of rotatable bonds is 2. The Morgan fingerprint density at radius 1 is 1.12 bits per heavy atom. The van der Waals surface area contributed by atoms with E-state index in [1.807, 2.05) is 43.0 Å². The van der Waals surface area contributed by atoms with Crippen molar-refractivity contribution < 1.29 is 9.53 Å². The first kappa shape index (κ1) is 16.0. The molecular weight excluding hydrogens is 318 g/mol. The number of hydrogen-bond donors (Lipinski definition) is 0. The summed E-state index contributed by atoms with van der Waals surface area (Å²) in [5.74, 6) is 0.795. The van der Waals surface area contributed by atoms with Crippen LogP contribution in [0.3, 0.4) is 0 Å². The molecule has 0 spiro atoms. The van der Waals surface area contributed by atoms with Gasteiger partial charge in [0.2, 0.25) is 0 Å². The van der Waals surface area contributed by atoms with Crippen LogP contribution < -0.4 is 4.90 Å². The highest BCUT2D eigenvalue weighted by molar-refractivity contribution is 5.92. The van der Waals surface area contributed by atoms with Gasteiger partial charge in [0.1, 0.15) is 5.69 Å². The van der Waals surface area contributed by atoms with Crippen LogP contribution in [0.4, 0.5) is 5.82 Å². The molecule has 0 aliphatic carbocycles.